The molecule has 4 aliphatic carbocycles. The molecule has 0 aromatic heterocycles. The number of benzene rings is 1. The van der Waals surface area contributed by atoms with Gasteiger partial charge >= 0.3 is 0 Å². The number of hydrogen-bond donors (Lipinski definition) is 1. The molecule has 0 unspecified atom stereocenters. The highest BCUT2D eigenvalue weighted by molar-refractivity contribution is 6.31. The van der Waals surface area contributed by atoms with Crippen LogP contribution in [0.3, 0.4) is 0 Å². The molecule has 146 valence electrons. The zero-order chi connectivity index (χ0) is 19.7. The number of halogens is 1. The van der Waals surface area contributed by atoms with E-state index in [-0.39, 0.29) is 35.5 Å². The topological polar surface area (TPSA) is 75.7 Å². The Bertz CT molecular complexity index is 893. The second-order valence-electron chi connectivity index (χ2n) is 8.21. The van der Waals surface area contributed by atoms with Gasteiger partial charge in [-0.25, -0.2) is 0 Å². The number of carbonyl (C=O) groups excluding carboxylic acids is 3. The van der Waals surface area contributed by atoms with E-state index >= 15 is 0 Å². The highest BCUT2D eigenvalue weighted by atomic mass is 35.5. The molecule has 6 rings (SSSR count). The predicted molar refractivity (Wildman–Crippen MR) is 103 cm³/mol. The first-order chi connectivity index (χ1) is 13.4. The monoisotopic (exact) mass is 400 g/mol. The number of likely N-dealkylation sites (tertiary alicyclic amines) is 1. The summed E-state index contributed by atoms with van der Waals surface area (Å²) in [4.78, 5) is 40.3. The summed E-state index contributed by atoms with van der Waals surface area (Å²) >= 11 is 6.02. The maximum atomic E-state index is 13.1. The number of ether oxygens (including phenoxy) is 1. The van der Waals surface area contributed by atoms with Crippen molar-refractivity contribution >= 4 is 35.0 Å². The molecule has 28 heavy (non-hydrogen) atoms. The second kappa shape index (κ2) is 6.08. The van der Waals surface area contributed by atoms with Gasteiger partial charge in [-0.2, -0.15) is 0 Å². The SMILES string of the molecule is COc1ccc(Cl)cc1NC(=O)[C@H](C)N1C(=O)[C@@H]2[C@H]3C=C[C@@H]([C@@H]4C[C@H]34)[C@@H]2C1=O. The molecule has 6 nitrogen and oxygen atoms in total. The maximum Gasteiger partial charge on any atom is 0.247 e. The van der Waals surface area contributed by atoms with Crippen LogP contribution in [0.15, 0.2) is 30.4 Å². The largest absolute Gasteiger partial charge is 0.495 e. The molecule has 2 saturated carbocycles. The van der Waals surface area contributed by atoms with Crippen molar-refractivity contribution < 1.29 is 19.1 Å². The summed E-state index contributed by atoms with van der Waals surface area (Å²) < 4.78 is 5.25. The summed E-state index contributed by atoms with van der Waals surface area (Å²) in [6.45, 7) is 1.59. The second-order valence-corrected chi connectivity index (χ2v) is 8.65. The summed E-state index contributed by atoms with van der Waals surface area (Å²) in [5, 5.41) is 3.20. The van der Waals surface area contributed by atoms with E-state index in [4.69, 9.17) is 16.3 Å². The quantitative estimate of drug-likeness (QED) is 0.622. The lowest BCUT2D eigenvalue weighted by atomic mass is 9.63. The Labute approximate surface area is 167 Å². The maximum absolute atomic E-state index is 13.1. The number of amides is 3. The van der Waals surface area contributed by atoms with Crippen LogP contribution in [-0.2, 0) is 14.4 Å². The number of nitrogens with zero attached hydrogens (tertiary/aromatic N) is 1. The Morgan fingerprint density at radius 1 is 1.18 bits per heavy atom. The Balaban J connectivity index is 1.38. The minimum absolute atomic E-state index is 0.143. The smallest absolute Gasteiger partial charge is 0.247 e. The molecular weight excluding hydrogens is 380 g/mol. The molecule has 1 N–H and O–H groups in total. The van der Waals surface area contributed by atoms with E-state index in [1.165, 1.54) is 12.0 Å². The van der Waals surface area contributed by atoms with Crippen molar-refractivity contribution in [3.8, 4) is 5.75 Å². The van der Waals surface area contributed by atoms with Crippen molar-refractivity contribution in [2.75, 3.05) is 12.4 Å². The average Bonchev–Trinajstić information content (AvgIpc) is 3.45. The Morgan fingerprint density at radius 2 is 1.79 bits per heavy atom. The third-order valence-corrected chi connectivity index (χ3v) is 7.12. The number of imide groups is 1. The molecule has 1 heterocycles. The normalized spacial score (nSPS) is 35.5. The van der Waals surface area contributed by atoms with Gasteiger partial charge in [0.25, 0.3) is 0 Å². The van der Waals surface area contributed by atoms with E-state index in [2.05, 4.69) is 17.5 Å². The molecule has 1 saturated heterocycles. The van der Waals surface area contributed by atoms with Crippen LogP contribution in [0.25, 0.3) is 0 Å². The summed E-state index contributed by atoms with van der Waals surface area (Å²) in [6, 6.07) is 3.99. The highest BCUT2D eigenvalue weighted by Crippen LogP contribution is 2.65. The molecular formula is C21H21ClN2O4. The van der Waals surface area contributed by atoms with Gasteiger partial charge in [0.15, 0.2) is 0 Å². The Kier molecular flexibility index (Phi) is 3.85. The van der Waals surface area contributed by atoms with Crippen LogP contribution in [0, 0.1) is 35.5 Å². The van der Waals surface area contributed by atoms with Crippen LogP contribution >= 0.6 is 11.6 Å². The number of hydrogen-bond acceptors (Lipinski definition) is 4. The van der Waals surface area contributed by atoms with E-state index in [1.54, 1.807) is 25.1 Å². The third-order valence-electron chi connectivity index (χ3n) is 6.88. The number of allylic oxidation sites excluding steroid dienone is 2. The lowest BCUT2D eigenvalue weighted by molar-refractivity contribution is -0.146. The Morgan fingerprint density at radius 3 is 2.36 bits per heavy atom. The highest BCUT2D eigenvalue weighted by Gasteiger charge is 2.67. The fraction of sp³-hybridized carbons (Fsp3) is 0.476. The number of methoxy groups -OCH3 is 1. The first-order valence-corrected chi connectivity index (χ1v) is 10.00. The minimum atomic E-state index is -0.898. The van der Waals surface area contributed by atoms with Gasteiger partial charge in [0.05, 0.1) is 24.6 Å². The lowest BCUT2D eigenvalue weighted by Gasteiger charge is -2.37. The number of nitrogens with one attached hydrogen (secondary N) is 1. The molecule has 1 aromatic carbocycles. The fourth-order valence-electron chi connectivity index (χ4n) is 5.49. The standard InChI is InChI=1S/C21H21ClN2O4/c1-9(19(25)23-15-7-10(22)3-6-16(15)28-2)24-20(26)17-11-4-5-12(14-8-13(11)14)18(17)21(24)27/h3-7,9,11-14,17-18H,8H2,1-2H3,(H,23,25)/t9-,11-,12-,13-,14+,17-,18+/m0/s1. The molecule has 0 radical (unpaired) electrons. The predicted octanol–water partition coefficient (Wildman–Crippen LogP) is 2.73. The van der Waals surface area contributed by atoms with E-state index in [1.807, 2.05) is 0 Å². The van der Waals surface area contributed by atoms with Gasteiger partial charge in [-0.05, 0) is 55.2 Å². The van der Waals surface area contributed by atoms with Crippen molar-refractivity contribution in [1.29, 1.82) is 0 Å². The van der Waals surface area contributed by atoms with Crippen LogP contribution in [-0.4, -0.2) is 35.8 Å². The van der Waals surface area contributed by atoms with Crippen molar-refractivity contribution in [1.82, 2.24) is 4.90 Å². The van der Waals surface area contributed by atoms with E-state index < -0.39 is 11.9 Å². The molecule has 3 amide bonds. The van der Waals surface area contributed by atoms with Crippen LogP contribution in [0.1, 0.15) is 13.3 Å². The first-order valence-electron chi connectivity index (χ1n) is 9.62. The van der Waals surface area contributed by atoms with Gasteiger partial charge in [-0.3, -0.25) is 19.3 Å². The molecule has 5 aliphatic rings. The van der Waals surface area contributed by atoms with Gasteiger partial charge in [-0.1, -0.05) is 23.8 Å². The van der Waals surface area contributed by atoms with Crippen LogP contribution in [0.4, 0.5) is 5.69 Å². The van der Waals surface area contributed by atoms with E-state index in [9.17, 15) is 14.4 Å². The van der Waals surface area contributed by atoms with E-state index in [0.717, 1.165) is 6.42 Å². The fourth-order valence-corrected chi connectivity index (χ4v) is 5.67. The summed E-state index contributed by atoms with van der Waals surface area (Å²) in [7, 11) is 1.49. The van der Waals surface area contributed by atoms with Crippen molar-refractivity contribution in [3.63, 3.8) is 0 Å². The molecule has 7 atom stereocenters. The number of rotatable bonds is 4. The van der Waals surface area contributed by atoms with Crippen molar-refractivity contribution in [2.45, 2.75) is 19.4 Å². The third kappa shape index (κ3) is 2.37. The van der Waals surface area contributed by atoms with Crippen LogP contribution < -0.4 is 10.1 Å². The molecule has 7 heteroatoms. The number of carbonyl (C=O) groups is 3. The average molecular weight is 401 g/mol. The van der Waals surface area contributed by atoms with Crippen molar-refractivity contribution in [2.24, 2.45) is 35.5 Å². The molecule has 2 bridgehead atoms. The van der Waals surface area contributed by atoms with Gasteiger partial charge in [0, 0.05) is 5.02 Å². The summed E-state index contributed by atoms with van der Waals surface area (Å²) in [6.07, 6.45) is 5.35. The minimum Gasteiger partial charge on any atom is -0.495 e. The lowest BCUT2D eigenvalue weighted by Crippen LogP contribution is -2.46. The van der Waals surface area contributed by atoms with Gasteiger partial charge in [0.1, 0.15) is 11.8 Å². The zero-order valence-corrected chi connectivity index (χ0v) is 16.3. The van der Waals surface area contributed by atoms with E-state index in [0.29, 0.717) is 28.3 Å². The van der Waals surface area contributed by atoms with Gasteiger partial charge in [0.2, 0.25) is 17.7 Å². The molecule has 0 spiro atoms. The summed E-state index contributed by atoms with van der Waals surface area (Å²) in [5.41, 5.74) is 0.409. The number of anilines is 1. The summed E-state index contributed by atoms with van der Waals surface area (Å²) in [5.74, 6) is 0.353. The van der Waals surface area contributed by atoms with Gasteiger partial charge in [-0.15, -0.1) is 0 Å². The Hall–Kier alpha value is -2.34. The molecule has 1 aliphatic heterocycles. The first kappa shape index (κ1) is 17.7. The van der Waals surface area contributed by atoms with Crippen LogP contribution in [0.5, 0.6) is 5.75 Å². The van der Waals surface area contributed by atoms with Crippen LogP contribution in [0.2, 0.25) is 5.02 Å². The molecule has 3 fully saturated rings. The van der Waals surface area contributed by atoms with Crippen molar-refractivity contribution in [3.05, 3.63) is 35.4 Å². The van der Waals surface area contributed by atoms with Gasteiger partial charge < -0.3 is 10.1 Å². The zero-order valence-electron chi connectivity index (χ0n) is 15.6. The molecule has 1 aromatic rings.